The monoisotopic (exact) mass is 331 g/mol. The van der Waals surface area contributed by atoms with Gasteiger partial charge in [-0.15, -0.1) is 0 Å². The molecule has 0 aliphatic carbocycles. The maximum atomic E-state index is 12.8. The highest BCUT2D eigenvalue weighted by atomic mass is 16.2. The molecule has 4 amide bonds. The molecule has 1 unspecified atom stereocenters. The number of rotatable bonds is 3. The highest BCUT2D eigenvalue weighted by molar-refractivity contribution is 6.07. The Kier molecular flexibility index (Phi) is 4.23. The van der Waals surface area contributed by atoms with Gasteiger partial charge in [-0.1, -0.05) is 6.07 Å². The Balaban J connectivity index is 1.78. The van der Waals surface area contributed by atoms with E-state index in [-0.39, 0.29) is 24.4 Å². The highest BCUT2D eigenvalue weighted by Gasteiger charge is 2.47. The van der Waals surface area contributed by atoms with Crippen molar-refractivity contribution in [2.45, 2.75) is 25.4 Å². The molecular weight excluding hydrogens is 310 g/mol. The van der Waals surface area contributed by atoms with E-state index in [9.17, 15) is 14.4 Å². The van der Waals surface area contributed by atoms with Crippen LogP contribution < -0.4 is 10.6 Å². The zero-order valence-electron chi connectivity index (χ0n) is 13.8. The van der Waals surface area contributed by atoms with E-state index in [0.29, 0.717) is 19.6 Å². The fraction of sp³-hybridized carbons (Fsp3) is 0.500. The average Bonchev–Trinajstić information content (AvgIpc) is 2.77. The number of pyridine rings is 1. The average molecular weight is 331 g/mol. The number of hydrogen-bond acceptors (Lipinski definition) is 5. The molecule has 3 rings (SSSR count). The van der Waals surface area contributed by atoms with Crippen molar-refractivity contribution in [3.63, 3.8) is 0 Å². The predicted molar refractivity (Wildman–Crippen MR) is 85.9 cm³/mol. The molecule has 2 fully saturated rings. The normalized spacial score (nSPS) is 23.3. The summed E-state index contributed by atoms with van der Waals surface area (Å²) in [5, 5.41) is 5.54. The molecule has 0 bridgehead atoms. The van der Waals surface area contributed by atoms with Crippen LogP contribution in [0.2, 0.25) is 0 Å². The van der Waals surface area contributed by atoms with Crippen molar-refractivity contribution < 1.29 is 14.4 Å². The molecule has 2 aliphatic heterocycles. The zero-order valence-corrected chi connectivity index (χ0v) is 13.8. The van der Waals surface area contributed by atoms with E-state index in [2.05, 4.69) is 15.6 Å². The predicted octanol–water partition coefficient (Wildman–Crippen LogP) is -0.115. The third-order valence-corrected chi connectivity index (χ3v) is 4.62. The number of nitrogens with one attached hydrogen (secondary N) is 2. The van der Waals surface area contributed by atoms with E-state index in [1.807, 2.05) is 12.1 Å². The maximum absolute atomic E-state index is 12.8. The summed E-state index contributed by atoms with van der Waals surface area (Å²) < 4.78 is 0. The summed E-state index contributed by atoms with van der Waals surface area (Å²) in [6.45, 7) is 5.01. The van der Waals surface area contributed by atoms with Gasteiger partial charge in [0.05, 0.1) is 6.04 Å². The Labute approximate surface area is 140 Å². The molecule has 1 aromatic heterocycles. The maximum Gasteiger partial charge on any atom is 0.325 e. The van der Waals surface area contributed by atoms with Gasteiger partial charge in [0.1, 0.15) is 12.1 Å². The van der Waals surface area contributed by atoms with Crippen molar-refractivity contribution in [3.05, 3.63) is 30.1 Å². The number of piperazine rings is 1. The Morgan fingerprint density at radius 2 is 2.21 bits per heavy atom. The fourth-order valence-corrected chi connectivity index (χ4v) is 3.06. The molecule has 3 heterocycles. The second-order valence-corrected chi connectivity index (χ2v) is 6.50. The van der Waals surface area contributed by atoms with Crippen LogP contribution in [0.3, 0.4) is 0 Å². The van der Waals surface area contributed by atoms with Gasteiger partial charge in [0.25, 0.3) is 5.91 Å². The second-order valence-electron chi connectivity index (χ2n) is 6.50. The lowest BCUT2D eigenvalue weighted by molar-refractivity contribution is -0.136. The minimum atomic E-state index is -1.02. The van der Waals surface area contributed by atoms with E-state index < -0.39 is 11.6 Å². The number of nitrogens with zero attached hydrogens (tertiary/aromatic N) is 3. The number of urea groups is 1. The Morgan fingerprint density at radius 1 is 1.42 bits per heavy atom. The number of aromatic nitrogens is 1. The van der Waals surface area contributed by atoms with Crippen molar-refractivity contribution in [3.8, 4) is 0 Å². The molecule has 0 spiro atoms. The van der Waals surface area contributed by atoms with Crippen LogP contribution in [-0.2, 0) is 9.59 Å². The molecule has 1 aromatic rings. The van der Waals surface area contributed by atoms with Gasteiger partial charge in [0.2, 0.25) is 5.91 Å². The van der Waals surface area contributed by atoms with Gasteiger partial charge in [0, 0.05) is 32.0 Å². The first-order valence-corrected chi connectivity index (χ1v) is 7.94. The summed E-state index contributed by atoms with van der Waals surface area (Å²) in [6, 6.07) is 3.11. The van der Waals surface area contributed by atoms with Gasteiger partial charge >= 0.3 is 6.03 Å². The molecule has 2 aliphatic rings. The van der Waals surface area contributed by atoms with E-state index >= 15 is 0 Å². The zero-order chi connectivity index (χ0) is 17.3. The first-order valence-electron chi connectivity index (χ1n) is 7.94. The first kappa shape index (κ1) is 16.4. The standard InChI is InChI=1S/C16H21N5O3/c1-16(2)14(23)19-15(24)21(16)10-13(22)20-7-6-18-9-12(20)11-4-3-5-17-8-11/h3-5,8,12,18H,6-7,9-10H2,1-2H3,(H,19,23,24). The lowest BCUT2D eigenvalue weighted by Crippen LogP contribution is -2.54. The molecular formula is C16H21N5O3. The smallest absolute Gasteiger partial charge is 0.325 e. The number of hydrogen-bond donors (Lipinski definition) is 2. The van der Waals surface area contributed by atoms with Crippen LogP contribution in [0.25, 0.3) is 0 Å². The van der Waals surface area contributed by atoms with Crippen LogP contribution in [0, 0.1) is 0 Å². The third kappa shape index (κ3) is 2.84. The highest BCUT2D eigenvalue weighted by Crippen LogP contribution is 2.24. The van der Waals surface area contributed by atoms with Crippen molar-refractivity contribution in [2.75, 3.05) is 26.2 Å². The molecule has 0 saturated carbocycles. The van der Waals surface area contributed by atoms with Crippen LogP contribution in [-0.4, -0.2) is 64.3 Å². The molecule has 0 aromatic carbocycles. The van der Waals surface area contributed by atoms with Crippen LogP contribution in [0.1, 0.15) is 25.5 Å². The number of carbonyl (C=O) groups excluding carboxylic acids is 3. The van der Waals surface area contributed by atoms with E-state index in [1.165, 1.54) is 4.90 Å². The SMILES string of the molecule is CC1(C)C(=O)NC(=O)N1CC(=O)N1CCNCC1c1cccnc1. The van der Waals surface area contributed by atoms with Gasteiger partial charge < -0.3 is 15.1 Å². The van der Waals surface area contributed by atoms with Gasteiger partial charge in [0.15, 0.2) is 0 Å². The summed E-state index contributed by atoms with van der Waals surface area (Å²) in [7, 11) is 0. The summed E-state index contributed by atoms with van der Waals surface area (Å²) in [5.74, 6) is -0.562. The van der Waals surface area contributed by atoms with Crippen molar-refractivity contribution in [2.24, 2.45) is 0 Å². The van der Waals surface area contributed by atoms with Gasteiger partial charge in [-0.3, -0.25) is 19.9 Å². The molecule has 128 valence electrons. The molecule has 8 nitrogen and oxygen atoms in total. The Morgan fingerprint density at radius 3 is 2.83 bits per heavy atom. The summed E-state index contributed by atoms with van der Waals surface area (Å²) >= 11 is 0. The largest absolute Gasteiger partial charge is 0.331 e. The topological polar surface area (TPSA) is 94.6 Å². The van der Waals surface area contributed by atoms with E-state index in [4.69, 9.17) is 0 Å². The van der Waals surface area contributed by atoms with Gasteiger partial charge in [-0.2, -0.15) is 0 Å². The number of carbonyl (C=O) groups is 3. The summed E-state index contributed by atoms with van der Waals surface area (Å²) in [5.41, 5.74) is -0.0795. The fourth-order valence-electron chi connectivity index (χ4n) is 3.06. The lowest BCUT2D eigenvalue weighted by atomic mass is 10.0. The number of amides is 4. The van der Waals surface area contributed by atoms with Crippen molar-refractivity contribution >= 4 is 17.8 Å². The lowest BCUT2D eigenvalue weighted by Gasteiger charge is -2.38. The van der Waals surface area contributed by atoms with Crippen LogP contribution in [0.15, 0.2) is 24.5 Å². The van der Waals surface area contributed by atoms with Gasteiger partial charge in [-0.05, 0) is 25.5 Å². The minimum absolute atomic E-state index is 0.124. The molecule has 8 heteroatoms. The summed E-state index contributed by atoms with van der Waals surface area (Å²) in [4.78, 5) is 43.8. The van der Waals surface area contributed by atoms with Crippen LogP contribution in [0.4, 0.5) is 4.79 Å². The quantitative estimate of drug-likeness (QED) is 0.754. The van der Waals surface area contributed by atoms with Crippen molar-refractivity contribution in [1.29, 1.82) is 0 Å². The molecule has 2 N–H and O–H groups in total. The second kappa shape index (κ2) is 6.20. The van der Waals surface area contributed by atoms with E-state index in [0.717, 1.165) is 5.56 Å². The molecule has 2 saturated heterocycles. The summed E-state index contributed by atoms with van der Waals surface area (Å²) in [6.07, 6.45) is 3.43. The number of imide groups is 1. The van der Waals surface area contributed by atoms with E-state index in [1.54, 1.807) is 31.1 Å². The van der Waals surface area contributed by atoms with Crippen LogP contribution >= 0.6 is 0 Å². The minimum Gasteiger partial charge on any atom is -0.331 e. The van der Waals surface area contributed by atoms with Crippen molar-refractivity contribution in [1.82, 2.24) is 25.4 Å². The van der Waals surface area contributed by atoms with Crippen LogP contribution in [0.5, 0.6) is 0 Å². The Bertz CT molecular complexity index is 661. The molecule has 1 atom stereocenters. The molecule has 0 radical (unpaired) electrons. The molecule has 24 heavy (non-hydrogen) atoms. The van der Waals surface area contributed by atoms with Gasteiger partial charge in [-0.25, -0.2) is 4.79 Å². The third-order valence-electron chi connectivity index (χ3n) is 4.62. The Hall–Kier alpha value is -2.48. The first-order chi connectivity index (χ1) is 11.4.